The molecule has 0 atom stereocenters. The second-order valence-corrected chi connectivity index (χ2v) is 9.76. The summed E-state index contributed by atoms with van der Waals surface area (Å²) in [5, 5.41) is 6.67. The van der Waals surface area contributed by atoms with Crippen molar-refractivity contribution in [1.82, 2.24) is 9.99 Å². The van der Waals surface area contributed by atoms with Crippen molar-refractivity contribution in [3.8, 4) is 11.3 Å². The van der Waals surface area contributed by atoms with Crippen molar-refractivity contribution in [2.24, 2.45) is 28.3 Å². The monoisotopic (exact) mass is 393 g/mol. The third-order valence-electron chi connectivity index (χ3n) is 6.95. The topological polar surface area (TPSA) is 46.4 Å². The van der Waals surface area contributed by atoms with Crippen LogP contribution in [0.4, 0.5) is 0 Å². The summed E-state index contributed by atoms with van der Waals surface area (Å²) in [6, 6.07) is 10.3. The largest absolute Gasteiger partial charge is 0.311 e. The number of carbonyl (C=O) groups is 1. The molecule has 6 rings (SSSR count). The first kappa shape index (κ1) is 17.9. The Labute approximate surface area is 170 Å². The Hall–Kier alpha value is -2.14. The van der Waals surface area contributed by atoms with E-state index in [2.05, 4.69) is 39.2 Å². The molecule has 4 bridgehead atoms. The van der Waals surface area contributed by atoms with Gasteiger partial charge in [-0.3, -0.25) is 4.79 Å². The van der Waals surface area contributed by atoms with E-state index in [1.54, 1.807) is 11.3 Å². The van der Waals surface area contributed by atoms with Crippen LogP contribution >= 0.6 is 11.3 Å². The summed E-state index contributed by atoms with van der Waals surface area (Å²) < 4.78 is 2.12. The average molecular weight is 394 g/mol. The summed E-state index contributed by atoms with van der Waals surface area (Å²) >= 11 is 1.56. The highest BCUT2D eigenvalue weighted by atomic mass is 32.1. The highest BCUT2D eigenvalue weighted by Gasteiger charge is 2.54. The highest BCUT2D eigenvalue weighted by Crippen LogP contribution is 2.60. The summed E-state index contributed by atoms with van der Waals surface area (Å²) in [5.74, 6) is 2.42. The lowest BCUT2D eigenvalue weighted by Gasteiger charge is -2.55. The predicted octanol–water partition coefficient (Wildman–Crippen LogP) is 4.55. The highest BCUT2D eigenvalue weighted by molar-refractivity contribution is 7.07. The molecule has 4 nitrogen and oxygen atoms in total. The number of hydrogen-bond donors (Lipinski definition) is 1. The van der Waals surface area contributed by atoms with Gasteiger partial charge >= 0.3 is 0 Å². The fourth-order valence-electron chi connectivity index (χ4n) is 6.17. The molecule has 4 saturated carbocycles. The lowest BCUT2D eigenvalue weighted by Crippen LogP contribution is -2.53. The van der Waals surface area contributed by atoms with E-state index in [1.807, 2.05) is 24.3 Å². The molecule has 0 aliphatic heterocycles. The van der Waals surface area contributed by atoms with Gasteiger partial charge in [-0.25, -0.2) is 5.43 Å². The number of amides is 1. The van der Waals surface area contributed by atoms with Crippen LogP contribution in [0.1, 0.15) is 38.5 Å². The molecule has 0 saturated heterocycles. The maximum absolute atomic E-state index is 13.2. The van der Waals surface area contributed by atoms with Crippen molar-refractivity contribution in [1.29, 1.82) is 0 Å². The molecule has 1 aromatic carbocycles. The van der Waals surface area contributed by atoms with Gasteiger partial charge in [0, 0.05) is 11.9 Å². The Bertz CT molecular complexity index is 920. The first-order valence-electron chi connectivity index (χ1n) is 10.4. The van der Waals surface area contributed by atoms with Gasteiger partial charge in [-0.15, -0.1) is 23.0 Å². The number of nitrogens with zero attached hydrogens (tertiary/aromatic N) is 2. The van der Waals surface area contributed by atoms with E-state index in [1.165, 1.54) is 19.3 Å². The predicted molar refractivity (Wildman–Crippen MR) is 112 cm³/mol. The van der Waals surface area contributed by atoms with Gasteiger partial charge in [0.25, 0.3) is 0 Å². The van der Waals surface area contributed by atoms with Crippen LogP contribution in [0.5, 0.6) is 0 Å². The Kier molecular flexibility index (Phi) is 4.50. The van der Waals surface area contributed by atoms with Crippen LogP contribution in [0.25, 0.3) is 11.3 Å². The zero-order chi connectivity index (χ0) is 19.1. The SMILES string of the molecule is C=CCn1c(-c2ccccc2)cs/c1=N\NC(=O)C12CC3CC(CC(C3)C1)C2. The third-order valence-corrected chi connectivity index (χ3v) is 7.82. The van der Waals surface area contributed by atoms with Crippen molar-refractivity contribution in [3.63, 3.8) is 0 Å². The number of allylic oxidation sites excluding steroid dienone is 1. The van der Waals surface area contributed by atoms with Crippen molar-refractivity contribution in [2.75, 3.05) is 0 Å². The van der Waals surface area contributed by atoms with E-state index in [9.17, 15) is 4.79 Å². The second kappa shape index (κ2) is 7.03. The summed E-state index contributed by atoms with van der Waals surface area (Å²) in [6.45, 7) is 4.55. The Balaban J connectivity index is 1.42. The standard InChI is InChI=1S/C23H27N3OS/c1-2-8-26-20(19-6-4-3-5-7-19)15-28-22(26)25-24-21(27)23-12-16-9-17(13-23)11-18(10-16)14-23/h2-7,15-18H,1,8-14H2,(H,24,27)/b25-22-. The van der Waals surface area contributed by atoms with Gasteiger partial charge < -0.3 is 4.57 Å². The quantitative estimate of drug-likeness (QED) is 0.588. The summed E-state index contributed by atoms with van der Waals surface area (Å²) in [6.07, 6.45) is 9.09. The van der Waals surface area contributed by atoms with Crippen LogP contribution in [0, 0.1) is 23.2 Å². The molecule has 1 aromatic heterocycles. The summed E-state index contributed by atoms with van der Waals surface area (Å²) in [7, 11) is 0. The molecule has 146 valence electrons. The van der Waals surface area contributed by atoms with Crippen LogP contribution in [0.3, 0.4) is 0 Å². The number of hydrogen-bond acceptors (Lipinski definition) is 3. The molecule has 0 spiro atoms. The van der Waals surface area contributed by atoms with Gasteiger partial charge in [-0.1, -0.05) is 36.4 Å². The first-order chi connectivity index (χ1) is 13.7. The van der Waals surface area contributed by atoms with Crippen LogP contribution in [0.15, 0.2) is 53.5 Å². The molecular formula is C23H27N3OS. The van der Waals surface area contributed by atoms with Gasteiger partial charge in [-0.2, -0.15) is 0 Å². The van der Waals surface area contributed by atoms with E-state index in [-0.39, 0.29) is 11.3 Å². The Morgan fingerprint density at radius 3 is 2.43 bits per heavy atom. The lowest BCUT2D eigenvalue weighted by atomic mass is 9.49. The average Bonchev–Trinajstić information content (AvgIpc) is 3.08. The molecule has 4 fully saturated rings. The van der Waals surface area contributed by atoms with Gasteiger partial charge in [-0.05, 0) is 61.8 Å². The molecule has 0 unspecified atom stereocenters. The van der Waals surface area contributed by atoms with E-state index in [0.717, 1.165) is 53.1 Å². The number of thiazole rings is 1. The van der Waals surface area contributed by atoms with Crippen LogP contribution < -0.4 is 10.2 Å². The van der Waals surface area contributed by atoms with Crippen molar-refractivity contribution < 1.29 is 4.79 Å². The minimum absolute atomic E-state index is 0.145. The van der Waals surface area contributed by atoms with Crippen molar-refractivity contribution in [2.45, 2.75) is 45.1 Å². The zero-order valence-electron chi connectivity index (χ0n) is 16.1. The van der Waals surface area contributed by atoms with E-state index in [4.69, 9.17) is 0 Å². The minimum Gasteiger partial charge on any atom is -0.311 e. The maximum Gasteiger partial charge on any atom is 0.246 e. The first-order valence-corrected chi connectivity index (χ1v) is 11.2. The lowest BCUT2D eigenvalue weighted by molar-refractivity contribution is -0.146. The van der Waals surface area contributed by atoms with Crippen LogP contribution in [-0.4, -0.2) is 10.5 Å². The molecular weight excluding hydrogens is 366 g/mol. The van der Waals surface area contributed by atoms with Gasteiger partial charge in [0.05, 0.1) is 11.1 Å². The smallest absolute Gasteiger partial charge is 0.246 e. The molecule has 2 aromatic rings. The number of benzene rings is 1. The number of carbonyl (C=O) groups excluding carboxylic acids is 1. The molecule has 28 heavy (non-hydrogen) atoms. The number of aromatic nitrogens is 1. The molecule has 1 N–H and O–H groups in total. The van der Waals surface area contributed by atoms with Crippen LogP contribution in [-0.2, 0) is 11.3 Å². The number of rotatable bonds is 5. The second-order valence-electron chi connectivity index (χ2n) is 8.92. The fraction of sp³-hybridized carbons (Fsp3) is 0.478. The molecule has 4 aliphatic carbocycles. The zero-order valence-corrected chi connectivity index (χ0v) is 17.0. The maximum atomic E-state index is 13.2. The molecule has 0 radical (unpaired) electrons. The molecule has 1 amide bonds. The van der Waals surface area contributed by atoms with E-state index in [0.29, 0.717) is 6.54 Å². The molecule has 1 heterocycles. The Morgan fingerprint density at radius 2 is 1.82 bits per heavy atom. The van der Waals surface area contributed by atoms with Gasteiger partial charge in [0.2, 0.25) is 10.7 Å². The Morgan fingerprint density at radius 1 is 1.18 bits per heavy atom. The fourth-order valence-corrected chi connectivity index (χ4v) is 7.05. The summed E-state index contributed by atoms with van der Waals surface area (Å²) in [5.41, 5.74) is 5.05. The van der Waals surface area contributed by atoms with Crippen molar-refractivity contribution in [3.05, 3.63) is 53.2 Å². The van der Waals surface area contributed by atoms with Crippen molar-refractivity contribution >= 4 is 17.2 Å². The normalized spacial score (nSPS) is 31.1. The van der Waals surface area contributed by atoms with Gasteiger partial charge in [0.15, 0.2) is 0 Å². The van der Waals surface area contributed by atoms with Crippen LogP contribution in [0.2, 0.25) is 0 Å². The number of nitrogens with one attached hydrogen (secondary N) is 1. The minimum atomic E-state index is -0.166. The molecule has 5 heteroatoms. The van der Waals surface area contributed by atoms with Gasteiger partial charge in [0.1, 0.15) is 0 Å². The van der Waals surface area contributed by atoms with E-state index >= 15 is 0 Å². The third kappa shape index (κ3) is 3.06. The van der Waals surface area contributed by atoms with E-state index < -0.39 is 0 Å². The molecule has 4 aliphatic rings. The summed E-state index contributed by atoms with van der Waals surface area (Å²) in [4.78, 5) is 14.0.